The molecule has 212 valence electrons. The van der Waals surface area contributed by atoms with E-state index in [2.05, 4.69) is 94.9 Å². The summed E-state index contributed by atoms with van der Waals surface area (Å²) < 4.78 is 18.9. The minimum absolute atomic E-state index is 0.0146. The molecule has 0 radical (unpaired) electrons. The number of aromatic nitrogens is 1. The van der Waals surface area contributed by atoms with Crippen LogP contribution in [0, 0.1) is 18.3 Å². The number of fused-ring (bicyclic) bond motifs is 4. The van der Waals surface area contributed by atoms with Gasteiger partial charge in [-0.2, -0.15) is 5.26 Å². The molecule has 2 heterocycles. The van der Waals surface area contributed by atoms with Crippen molar-refractivity contribution in [3.05, 3.63) is 88.6 Å². The van der Waals surface area contributed by atoms with Gasteiger partial charge < -0.3 is 4.42 Å². The standard InChI is InChI=1S/C39H41N2O/c1-24-15-17-28-29-18-16-26(22-40)34(37(29)42-36(28)33(24)32-14-10-11-19-41(32)6)27-20-30(25-12-8-7-9-13-25)35-31(21-27)38(2,3)23-39(35,4)5/h10-11,14-21,25H,7-9,12-13,23H2,1-6H3/q+1/i25D. The van der Waals surface area contributed by atoms with Crippen molar-refractivity contribution in [1.29, 1.82) is 5.26 Å². The molecular formula is C39H41N2O+. The molecule has 3 aromatic carbocycles. The van der Waals surface area contributed by atoms with E-state index in [9.17, 15) is 6.63 Å². The van der Waals surface area contributed by atoms with E-state index in [1.807, 2.05) is 18.2 Å². The second-order valence-corrected chi connectivity index (χ2v) is 14.0. The smallest absolute Gasteiger partial charge is 0.216 e. The summed E-state index contributed by atoms with van der Waals surface area (Å²) in [6, 6.07) is 21.6. The van der Waals surface area contributed by atoms with Crippen LogP contribution in [0.5, 0.6) is 0 Å². The van der Waals surface area contributed by atoms with Crippen LogP contribution in [-0.2, 0) is 17.9 Å². The minimum atomic E-state index is -0.614. The second-order valence-electron chi connectivity index (χ2n) is 14.0. The van der Waals surface area contributed by atoms with Gasteiger partial charge in [0.1, 0.15) is 18.2 Å². The van der Waals surface area contributed by atoms with Crippen LogP contribution in [0.15, 0.2) is 65.2 Å². The summed E-state index contributed by atoms with van der Waals surface area (Å²) in [4.78, 5) is 0. The molecule has 0 saturated heterocycles. The van der Waals surface area contributed by atoms with Crippen LogP contribution in [0.4, 0.5) is 0 Å². The van der Waals surface area contributed by atoms with E-state index in [0.29, 0.717) is 5.56 Å². The van der Waals surface area contributed by atoms with Crippen molar-refractivity contribution in [3.63, 3.8) is 0 Å². The lowest BCUT2D eigenvalue weighted by Gasteiger charge is -2.30. The van der Waals surface area contributed by atoms with Crippen molar-refractivity contribution in [1.82, 2.24) is 0 Å². The molecule has 1 saturated carbocycles. The van der Waals surface area contributed by atoms with E-state index in [0.717, 1.165) is 82.0 Å². The first-order valence-corrected chi connectivity index (χ1v) is 15.5. The molecule has 0 aliphatic heterocycles. The Morgan fingerprint density at radius 2 is 1.62 bits per heavy atom. The lowest BCUT2D eigenvalue weighted by Crippen LogP contribution is -2.30. The maximum Gasteiger partial charge on any atom is 0.216 e. The highest BCUT2D eigenvalue weighted by Gasteiger charge is 2.44. The maximum atomic E-state index is 10.4. The molecule has 0 spiro atoms. The van der Waals surface area contributed by atoms with Gasteiger partial charge in [-0.3, -0.25) is 0 Å². The Hall–Kier alpha value is -3.90. The number of nitrogens with zero attached hydrogens (tertiary/aromatic N) is 2. The van der Waals surface area contributed by atoms with E-state index in [4.69, 9.17) is 4.42 Å². The third-order valence-electron chi connectivity index (χ3n) is 10.0. The highest BCUT2D eigenvalue weighted by Crippen LogP contribution is 2.55. The van der Waals surface area contributed by atoms with Gasteiger partial charge in [-0.1, -0.05) is 71.2 Å². The van der Waals surface area contributed by atoms with Gasteiger partial charge in [0.2, 0.25) is 5.69 Å². The van der Waals surface area contributed by atoms with E-state index < -0.39 is 5.89 Å². The lowest BCUT2D eigenvalue weighted by molar-refractivity contribution is -0.660. The zero-order valence-corrected chi connectivity index (χ0v) is 25.8. The second kappa shape index (κ2) is 9.56. The van der Waals surface area contributed by atoms with Crippen LogP contribution in [0.3, 0.4) is 0 Å². The van der Waals surface area contributed by atoms with Gasteiger partial charge in [-0.05, 0) is 88.9 Å². The molecule has 3 heteroatoms. The lowest BCUT2D eigenvalue weighted by atomic mass is 9.74. The van der Waals surface area contributed by atoms with Crippen LogP contribution in [0.25, 0.3) is 44.3 Å². The predicted molar refractivity (Wildman–Crippen MR) is 172 cm³/mol. The van der Waals surface area contributed by atoms with E-state index in [1.54, 1.807) is 0 Å². The van der Waals surface area contributed by atoms with Gasteiger partial charge in [0.05, 0.1) is 17.2 Å². The Labute approximate surface area is 251 Å². The Balaban J connectivity index is 1.57. The first-order valence-electron chi connectivity index (χ1n) is 16.0. The van der Waals surface area contributed by atoms with Crippen LogP contribution >= 0.6 is 0 Å². The Bertz CT molecular complexity index is 1980. The molecule has 0 N–H and O–H groups in total. The largest absolute Gasteiger partial charge is 0.454 e. The Morgan fingerprint density at radius 1 is 0.905 bits per heavy atom. The molecule has 2 aromatic heterocycles. The quantitative estimate of drug-likeness (QED) is 0.208. The van der Waals surface area contributed by atoms with Crippen molar-refractivity contribution in [2.45, 2.75) is 89.9 Å². The molecule has 0 atom stereocenters. The van der Waals surface area contributed by atoms with Crippen LogP contribution in [-0.4, -0.2) is 0 Å². The molecule has 7 rings (SSSR count). The average Bonchev–Trinajstić information content (AvgIpc) is 3.43. The molecule has 2 aliphatic carbocycles. The van der Waals surface area contributed by atoms with Gasteiger partial charge in [-0.15, -0.1) is 0 Å². The van der Waals surface area contributed by atoms with Crippen molar-refractivity contribution < 1.29 is 10.4 Å². The molecule has 1 fully saturated rings. The van der Waals surface area contributed by atoms with Gasteiger partial charge >= 0.3 is 0 Å². The number of rotatable bonds is 3. The van der Waals surface area contributed by atoms with E-state index in [-0.39, 0.29) is 10.8 Å². The number of hydrogen-bond acceptors (Lipinski definition) is 2. The zero-order valence-electron chi connectivity index (χ0n) is 26.8. The highest BCUT2D eigenvalue weighted by molar-refractivity contribution is 6.14. The summed E-state index contributed by atoms with van der Waals surface area (Å²) in [6.45, 7) is 11.5. The highest BCUT2D eigenvalue weighted by atomic mass is 16.3. The number of nitriles is 1. The summed E-state index contributed by atoms with van der Waals surface area (Å²) in [7, 11) is 2.06. The van der Waals surface area contributed by atoms with Gasteiger partial charge in [0.15, 0.2) is 6.20 Å². The SMILES string of the molecule is [2H]C1(c2cc(-c3c(C#N)ccc4c3oc3c(-c5cccc[n+]5C)c(C)ccc34)cc3c2C(C)(C)CC3(C)C)CCCCC1. The fourth-order valence-electron chi connectivity index (χ4n) is 8.35. The normalized spacial score (nSPS) is 19.0. The summed E-state index contributed by atoms with van der Waals surface area (Å²) in [5, 5.41) is 12.5. The van der Waals surface area contributed by atoms with Gasteiger partial charge in [-0.25, -0.2) is 4.57 Å². The average molecular weight is 555 g/mol. The topological polar surface area (TPSA) is 40.8 Å². The molecule has 2 aliphatic rings. The van der Waals surface area contributed by atoms with Crippen molar-refractivity contribution in [2.75, 3.05) is 0 Å². The molecule has 0 amide bonds. The van der Waals surface area contributed by atoms with Crippen LogP contribution in [0.1, 0.15) is 101 Å². The first-order chi connectivity index (χ1) is 20.4. The predicted octanol–water partition coefficient (Wildman–Crippen LogP) is 9.93. The number of benzene rings is 3. The summed E-state index contributed by atoms with van der Waals surface area (Å²) in [5.74, 6) is -0.614. The van der Waals surface area contributed by atoms with Crippen molar-refractivity contribution >= 4 is 21.9 Å². The summed E-state index contributed by atoms with van der Waals surface area (Å²) in [5.41, 5.74) is 11.2. The summed E-state index contributed by atoms with van der Waals surface area (Å²) in [6.07, 6.45) is 8.26. The fraction of sp³-hybridized carbons (Fsp3) is 0.385. The molecular weight excluding hydrogens is 512 g/mol. The van der Waals surface area contributed by atoms with E-state index >= 15 is 0 Å². The number of aryl methyl sites for hydroxylation is 2. The Morgan fingerprint density at radius 3 is 2.33 bits per heavy atom. The molecule has 5 aromatic rings. The van der Waals surface area contributed by atoms with E-state index in [1.165, 1.54) is 23.1 Å². The first kappa shape index (κ1) is 25.8. The third kappa shape index (κ3) is 4.03. The minimum Gasteiger partial charge on any atom is -0.454 e. The van der Waals surface area contributed by atoms with Crippen LogP contribution in [0.2, 0.25) is 0 Å². The monoisotopic (exact) mass is 554 g/mol. The number of pyridine rings is 1. The summed E-state index contributed by atoms with van der Waals surface area (Å²) >= 11 is 0. The molecule has 0 bridgehead atoms. The van der Waals surface area contributed by atoms with Gasteiger partial charge in [0.25, 0.3) is 0 Å². The number of hydrogen-bond donors (Lipinski definition) is 0. The molecule has 42 heavy (non-hydrogen) atoms. The Kier molecular flexibility index (Phi) is 5.87. The van der Waals surface area contributed by atoms with Crippen LogP contribution < -0.4 is 4.57 Å². The third-order valence-corrected chi connectivity index (χ3v) is 10.0. The van der Waals surface area contributed by atoms with Crippen molar-refractivity contribution in [2.24, 2.45) is 7.05 Å². The fourth-order valence-corrected chi connectivity index (χ4v) is 8.35. The number of furan rings is 1. The molecule has 0 unspecified atom stereocenters. The zero-order chi connectivity index (χ0) is 30.3. The molecule has 3 nitrogen and oxygen atoms in total. The van der Waals surface area contributed by atoms with Crippen molar-refractivity contribution in [3.8, 4) is 28.5 Å². The maximum absolute atomic E-state index is 10.4. The van der Waals surface area contributed by atoms with Gasteiger partial charge in [0, 0.05) is 29.8 Å².